The Morgan fingerprint density at radius 3 is 3.00 bits per heavy atom. The van der Waals surface area contributed by atoms with Gasteiger partial charge in [-0.25, -0.2) is 4.39 Å². The molecule has 1 aromatic carbocycles. The van der Waals surface area contributed by atoms with Crippen LogP contribution >= 0.6 is 0 Å². The molecule has 1 fully saturated rings. The molecule has 0 saturated carbocycles. The second kappa shape index (κ2) is 5.48. The molecule has 3 nitrogen and oxygen atoms in total. The molecule has 18 heavy (non-hydrogen) atoms. The summed E-state index contributed by atoms with van der Waals surface area (Å²) in [6, 6.07) is 4.28. The number of amides is 1. The topological polar surface area (TPSA) is 29.5 Å². The quantitative estimate of drug-likeness (QED) is 0.807. The molecule has 1 unspecified atom stereocenters. The molecule has 2 rings (SSSR count). The minimum atomic E-state index is -0.308. The van der Waals surface area contributed by atoms with E-state index >= 15 is 0 Å². The van der Waals surface area contributed by atoms with Crippen LogP contribution in [0.3, 0.4) is 0 Å². The maximum Gasteiger partial charge on any atom is 0.254 e. The third-order valence-electron chi connectivity index (χ3n) is 3.30. The lowest BCUT2D eigenvalue weighted by atomic mass is 10.1. The Bertz CT molecular complexity index is 447. The summed E-state index contributed by atoms with van der Waals surface area (Å²) in [6.07, 6.45) is 1.01. The van der Waals surface area contributed by atoms with E-state index < -0.39 is 0 Å². The molecule has 1 amide bonds. The fourth-order valence-electron chi connectivity index (χ4n) is 2.19. The number of aryl methyl sites for hydroxylation is 1. The van der Waals surface area contributed by atoms with Gasteiger partial charge in [0.05, 0.1) is 12.7 Å². The number of halogens is 1. The molecule has 1 heterocycles. The molecule has 0 bridgehead atoms. The molecule has 1 atom stereocenters. The number of carbonyl (C=O) groups is 1. The maximum atomic E-state index is 13.0. The molecule has 4 heteroatoms. The Kier molecular flexibility index (Phi) is 3.97. The number of rotatable bonds is 2. The number of morpholine rings is 1. The fraction of sp³-hybridized carbons (Fsp3) is 0.500. The van der Waals surface area contributed by atoms with Gasteiger partial charge in [-0.05, 0) is 37.1 Å². The van der Waals surface area contributed by atoms with E-state index in [-0.39, 0.29) is 17.8 Å². The van der Waals surface area contributed by atoms with E-state index in [1.807, 2.05) is 6.92 Å². The van der Waals surface area contributed by atoms with Crippen molar-refractivity contribution in [2.75, 3.05) is 19.7 Å². The molecule has 98 valence electrons. The average molecular weight is 251 g/mol. The third kappa shape index (κ3) is 2.70. The zero-order valence-corrected chi connectivity index (χ0v) is 10.8. The van der Waals surface area contributed by atoms with Crippen LogP contribution in [0.5, 0.6) is 0 Å². The number of benzene rings is 1. The van der Waals surface area contributed by atoms with Crippen molar-refractivity contribution in [1.82, 2.24) is 4.90 Å². The first kappa shape index (κ1) is 13.0. The van der Waals surface area contributed by atoms with E-state index in [2.05, 4.69) is 0 Å². The minimum Gasteiger partial charge on any atom is -0.375 e. The predicted molar refractivity (Wildman–Crippen MR) is 67.1 cm³/mol. The van der Waals surface area contributed by atoms with E-state index in [0.29, 0.717) is 30.8 Å². The van der Waals surface area contributed by atoms with Crippen molar-refractivity contribution < 1.29 is 13.9 Å². The number of hydrogen-bond acceptors (Lipinski definition) is 2. The Morgan fingerprint density at radius 1 is 1.56 bits per heavy atom. The van der Waals surface area contributed by atoms with Gasteiger partial charge in [0.2, 0.25) is 0 Å². The summed E-state index contributed by atoms with van der Waals surface area (Å²) in [4.78, 5) is 14.1. The minimum absolute atomic E-state index is 0.0331. The van der Waals surface area contributed by atoms with Gasteiger partial charge in [-0.1, -0.05) is 6.92 Å². The zero-order valence-electron chi connectivity index (χ0n) is 10.8. The number of hydrogen-bond donors (Lipinski definition) is 0. The molecule has 1 aliphatic rings. The highest BCUT2D eigenvalue weighted by molar-refractivity contribution is 5.95. The zero-order chi connectivity index (χ0) is 13.1. The van der Waals surface area contributed by atoms with Crippen LogP contribution < -0.4 is 0 Å². The van der Waals surface area contributed by atoms with Crippen molar-refractivity contribution in [2.45, 2.75) is 26.4 Å². The van der Waals surface area contributed by atoms with Gasteiger partial charge >= 0.3 is 0 Å². The monoisotopic (exact) mass is 251 g/mol. The summed E-state index contributed by atoms with van der Waals surface area (Å²) in [7, 11) is 0. The van der Waals surface area contributed by atoms with Crippen molar-refractivity contribution in [2.24, 2.45) is 0 Å². The van der Waals surface area contributed by atoms with Crippen LogP contribution in [0.4, 0.5) is 4.39 Å². The van der Waals surface area contributed by atoms with E-state index in [0.717, 1.165) is 6.42 Å². The van der Waals surface area contributed by atoms with Crippen LogP contribution in [0.1, 0.15) is 29.3 Å². The number of ether oxygens (including phenoxy) is 1. The smallest absolute Gasteiger partial charge is 0.254 e. The summed E-state index contributed by atoms with van der Waals surface area (Å²) >= 11 is 0. The van der Waals surface area contributed by atoms with Crippen LogP contribution in [0, 0.1) is 12.7 Å². The highest BCUT2D eigenvalue weighted by atomic mass is 19.1. The fourth-order valence-corrected chi connectivity index (χ4v) is 2.19. The second-order valence-corrected chi connectivity index (χ2v) is 4.61. The van der Waals surface area contributed by atoms with Crippen molar-refractivity contribution in [1.29, 1.82) is 0 Å². The summed E-state index contributed by atoms with van der Waals surface area (Å²) in [5.41, 5.74) is 1.26. The normalized spacial score (nSPS) is 19.9. The van der Waals surface area contributed by atoms with Crippen LogP contribution in [0.15, 0.2) is 18.2 Å². The average Bonchev–Trinajstić information content (AvgIpc) is 2.38. The van der Waals surface area contributed by atoms with E-state index in [4.69, 9.17) is 4.74 Å². The predicted octanol–water partition coefficient (Wildman–Crippen LogP) is 2.39. The standard InChI is InChI=1S/C14H18FNO2/c1-3-12-9-16(6-7-18-12)14(17)13-5-4-11(15)8-10(13)2/h4-5,8,12H,3,6-7,9H2,1-2H3. The molecule has 0 N–H and O–H groups in total. The molecule has 0 radical (unpaired) electrons. The van der Waals surface area contributed by atoms with Gasteiger partial charge < -0.3 is 9.64 Å². The van der Waals surface area contributed by atoms with E-state index in [1.165, 1.54) is 12.1 Å². The first-order valence-corrected chi connectivity index (χ1v) is 6.29. The molecule has 1 saturated heterocycles. The third-order valence-corrected chi connectivity index (χ3v) is 3.30. The van der Waals surface area contributed by atoms with E-state index in [1.54, 1.807) is 17.9 Å². The Balaban J connectivity index is 2.15. The Hall–Kier alpha value is -1.42. The molecule has 1 aromatic rings. The van der Waals surface area contributed by atoms with Gasteiger partial charge in [0, 0.05) is 18.7 Å². The molecule has 0 aromatic heterocycles. The Morgan fingerprint density at radius 2 is 2.33 bits per heavy atom. The van der Waals surface area contributed by atoms with Crippen molar-refractivity contribution in [3.05, 3.63) is 35.1 Å². The van der Waals surface area contributed by atoms with Crippen molar-refractivity contribution in [3.8, 4) is 0 Å². The van der Waals surface area contributed by atoms with Gasteiger partial charge in [-0.2, -0.15) is 0 Å². The van der Waals surface area contributed by atoms with Crippen LogP contribution in [-0.4, -0.2) is 36.6 Å². The van der Waals surface area contributed by atoms with Gasteiger partial charge in [0.25, 0.3) is 5.91 Å². The van der Waals surface area contributed by atoms with Crippen molar-refractivity contribution >= 4 is 5.91 Å². The van der Waals surface area contributed by atoms with E-state index in [9.17, 15) is 9.18 Å². The Labute approximate surface area is 107 Å². The van der Waals surface area contributed by atoms with Crippen molar-refractivity contribution in [3.63, 3.8) is 0 Å². The molecule has 1 aliphatic heterocycles. The summed E-state index contributed by atoms with van der Waals surface area (Å²) in [5, 5.41) is 0. The largest absolute Gasteiger partial charge is 0.375 e. The summed E-state index contributed by atoms with van der Waals surface area (Å²) in [6.45, 7) is 5.60. The van der Waals surface area contributed by atoms with Crippen LogP contribution in [0.2, 0.25) is 0 Å². The second-order valence-electron chi connectivity index (χ2n) is 4.61. The van der Waals surface area contributed by atoms with Gasteiger partial charge in [0.15, 0.2) is 0 Å². The SMILES string of the molecule is CCC1CN(C(=O)c2ccc(F)cc2C)CCO1. The lowest BCUT2D eigenvalue weighted by molar-refractivity contribution is -0.0226. The maximum absolute atomic E-state index is 13.0. The highest BCUT2D eigenvalue weighted by Gasteiger charge is 2.24. The lowest BCUT2D eigenvalue weighted by Gasteiger charge is -2.32. The van der Waals surface area contributed by atoms with Gasteiger partial charge in [-0.15, -0.1) is 0 Å². The number of carbonyl (C=O) groups excluding carboxylic acids is 1. The van der Waals surface area contributed by atoms with Gasteiger partial charge in [-0.3, -0.25) is 4.79 Å². The van der Waals surface area contributed by atoms with Crippen LogP contribution in [0.25, 0.3) is 0 Å². The molecule has 0 spiro atoms. The van der Waals surface area contributed by atoms with Gasteiger partial charge in [0.1, 0.15) is 5.82 Å². The first-order valence-electron chi connectivity index (χ1n) is 6.29. The summed E-state index contributed by atoms with van der Waals surface area (Å²) in [5.74, 6) is -0.341. The molecular formula is C14H18FNO2. The highest BCUT2D eigenvalue weighted by Crippen LogP contribution is 2.16. The summed E-state index contributed by atoms with van der Waals surface area (Å²) < 4.78 is 18.6. The molecule has 0 aliphatic carbocycles. The molecular weight excluding hydrogens is 233 g/mol. The first-order chi connectivity index (χ1) is 8.61. The van der Waals surface area contributed by atoms with Crippen LogP contribution in [-0.2, 0) is 4.74 Å². The lowest BCUT2D eigenvalue weighted by Crippen LogP contribution is -2.45. The number of nitrogens with zero attached hydrogens (tertiary/aromatic N) is 1.